The SMILES string of the molecule is N#Cc1c(I)cc(C(F)F)nc1C=O. The molecule has 3 nitrogen and oxygen atoms in total. The van der Waals surface area contributed by atoms with Crippen molar-refractivity contribution in [2.24, 2.45) is 0 Å². The molecular formula is C8H3F2IN2O. The molecule has 0 aromatic carbocycles. The van der Waals surface area contributed by atoms with Crippen LogP contribution in [-0.2, 0) is 0 Å². The number of hydrogen-bond donors (Lipinski definition) is 0. The minimum absolute atomic E-state index is 0.0324. The number of carbonyl (C=O) groups is 1. The number of aromatic nitrogens is 1. The van der Waals surface area contributed by atoms with Crippen molar-refractivity contribution in [1.82, 2.24) is 4.98 Å². The number of rotatable bonds is 2. The molecule has 6 heteroatoms. The molecule has 0 aliphatic heterocycles. The Labute approximate surface area is 91.9 Å². The summed E-state index contributed by atoms with van der Waals surface area (Å²) in [6, 6.07) is 2.83. The molecule has 1 rings (SSSR count). The van der Waals surface area contributed by atoms with Crippen LogP contribution in [0.5, 0.6) is 0 Å². The number of halogens is 3. The van der Waals surface area contributed by atoms with E-state index in [0.717, 1.165) is 6.07 Å². The average molecular weight is 308 g/mol. The summed E-state index contributed by atoms with van der Waals surface area (Å²) in [6.07, 6.45) is -2.44. The van der Waals surface area contributed by atoms with E-state index in [1.807, 2.05) is 0 Å². The highest BCUT2D eigenvalue weighted by atomic mass is 127. The smallest absolute Gasteiger partial charge is 0.280 e. The fourth-order valence-electron chi connectivity index (χ4n) is 0.859. The number of alkyl halides is 2. The predicted octanol–water partition coefficient (Wildman–Crippen LogP) is 2.31. The Bertz CT molecular complexity index is 415. The lowest BCUT2D eigenvalue weighted by atomic mass is 10.2. The molecule has 0 bridgehead atoms. The van der Waals surface area contributed by atoms with Crippen LogP contribution >= 0.6 is 22.6 Å². The number of hydrogen-bond acceptors (Lipinski definition) is 3. The highest BCUT2D eigenvalue weighted by Gasteiger charge is 2.15. The van der Waals surface area contributed by atoms with E-state index >= 15 is 0 Å². The van der Waals surface area contributed by atoms with E-state index in [0.29, 0.717) is 9.86 Å². The molecule has 0 aliphatic carbocycles. The predicted molar refractivity (Wildman–Crippen MR) is 52.0 cm³/mol. The third-order valence-corrected chi connectivity index (χ3v) is 2.32. The highest BCUT2D eigenvalue weighted by Crippen LogP contribution is 2.22. The molecule has 1 heterocycles. The van der Waals surface area contributed by atoms with Gasteiger partial charge in [0.1, 0.15) is 17.5 Å². The topological polar surface area (TPSA) is 53.8 Å². The van der Waals surface area contributed by atoms with Crippen LogP contribution in [0.25, 0.3) is 0 Å². The quantitative estimate of drug-likeness (QED) is 0.622. The van der Waals surface area contributed by atoms with Crippen molar-refractivity contribution in [1.29, 1.82) is 5.26 Å². The van der Waals surface area contributed by atoms with Crippen LogP contribution in [0.3, 0.4) is 0 Å². The number of nitrogens with zero attached hydrogens (tertiary/aromatic N) is 2. The minimum Gasteiger partial charge on any atom is -0.296 e. The molecule has 0 N–H and O–H groups in total. The maximum absolute atomic E-state index is 12.2. The number of carbonyl (C=O) groups excluding carboxylic acids is 1. The molecule has 0 saturated carbocycles. The van der Waals surface area contributed by atoms with Gasteiger partial charge in [-0.1, -0.05) is 0 Å². The van der Waals surface area contributed by atoms with Gasteiger partial charge >= 0.3 is 0 Å². The molecule has 0 atom stereocenters. The van der Waals surface area contributed by atoms with Crippen molar-refractivity contribution in [3.8, 4) is 6.07 Å². The van der Waals surface area contributed by atoms with Gasteiger partial charge in [0.15, 0.2) is 6.29 Å². The third kappa shape index (κ3) is 2.04. The lowest BCUT2D eigenvalue weighted by Gasteiger charge is -2.03. The van der Waals surface area contributed by atoms with E-state index in [1.165, 1.54) is 0 Å². The zero-order valence-electron chi connectivity index (χ0n) is 6.67. The molecule has 1 aromatic heterocycles. The van der Waals surface area contributed by atoms with Crippen molar-refractivity contribution in [2.45, 2.75) is 6.43 Å². The van der Waals surface area contributed by atoms with Crippen LogP contribution in [0.1, 0.15) is 28.2 Å². The van der Waals surface area contributed by atoms with E-state index in [2.05, 4.69) is 4.98 Å². The van der Waals surface area contributed by atoms with Crippen LogP contribution in [0, 0.1) is 14.9 Å². The first kappa shape index (κ1) is 11.0. The summed E-state index contributed by atoms with van der Waals surface area (Å²) in [5, 5.41) is 8.62. The molecule has 14 heavy (non-hydrogen) atoms. The summed E-state index contributed by atoms with van der Waals surface area (Å²) in [4.78, 5) is 13.8. The van der Waals surface area contributed by atoms with Gasteiger partial charge in [0.25, 0.3) is 6.43 Å². The summed E-state index contributed by atoms with van der Waals surface area (Å²) >= 11 is 1.71. The van der Waals surface area contributed by atoms with E-state index in [-0.39, 0.29) is 11.3 Å². The standard InChI is InChI=1S/C8H3F2IN2O/c9-8(10)6-1-5(11)4(2-12)7(3-14)13-6/h1,3,8H. The summed E-state index contributed by atoms with van der Waals surface area (Å²) in [5.74, 6) is 0. The van der Waals surface area contributed by atoms with Crippen molar-refractivity contribution in [3.05, 3.63) is 26.6 Å². The molecular weight excluding hydrogens is 305 g/mol. The second-order valence-corrected chi connectivity index (χ2v) is 3.48. The summed E-state index contributed by atoms with van der Waals surface area (Å²) in [7, 11) is 0. The van der Waals surface area contributed by atoms with Gasteiger partial charge in [0.2, 0.25) is 0 Å². The third-order valence-electron chi connectivity index (χ3n) is 1.47. The van der Waals surface area contributed by atoms with Crippen molar-refractivity contribution in [3.63, 3.8) is 0 Å². The van der Waals surface area contributed by atoms with Gasteiger partial charge in [0.05, 0.1) is 5.56 Å². The van der Waals surface area contributed by atoms with Crippen LogP contribution in [0.15, 0.2) is 6.07 Å². The molecule has 0 saturated heterocycles. The van der Waals surface area contributed by atoms with E-state index < -0.39 is 12.1 Å². The zero-order valence-corrected chi connectivity index (χ0v) is 8.83. The molecule has 0 spiro atoms. The zero-order chi connectivity index (χ0) is 10.7. The van der Waals surface area contributed by atoms with Gasteiger partial charge in [0, 0.05) is 3.57 Å². The Kier molecular flexibility index (Phi) is 3.46. The lowest BCUT2D eigenvalue weighted by Crippen LogP contribution is -2.01. The van der Waals surface area contributed by atoms with Gasteiger partial charge in [-0.05, 0) is 28.7 Å². The lowest BCUT2D eigenvalue weighted by molar-refractivity contribution is 0.111. The summed E-state index contributed by atoms with van der Waals surface area (Å²) < 4.78 is 24.8. The Hall–Kier alpha value is -1.10. The van der Waals surface area contributed by atoms with E-state index in [4.69, 9.17) is 5.26 Å². The molecule has 0 amide bonds. The minimum atomic E-state index is -2.74. The van der Waals surface area contributed by atoms with Gasteiger partial charge in [-0.2, -0.15) is 5.26 Å². The molecule has 0 unspecified atom stereocenters. The maximum Gasteiger partial charge on any atom is 0.280 e. The fourth-order valence-corrected chi connectivity index (χ4v) is 1.58. The Balaban J connectivity index is 3.40. The first-order valence-corrected chi connectivity index (χ1v) is 4.52. The molecule has 72 valence electrons. The van der Waals surface area contributed by atoms with Gasteiger partial charge < -0.3 is 0 Å². The number of nitriles is 1. The van der Waals surface area contributed by atoms with Crippen LogP contribution in [0.4, 0.5) is 8.78 Å². The van der Waals surface area contributed by atoms with Crippen LogP contribution < -0.4 is 0 Å². The molecule has 0 radical (unpaired) electrons. The largest absolute Gasteiger partial charge is 0.296 e. The Morgan fingerprint density at radius 1 is 1.64 bits per heavy atom. The van der Waals surface area contributed by atoms with Gasteiger partial charge in [-0.15, -0.1) is 0 Å². The summed E-state index contributed by atoms with van der Waals surface area (Å²) in [5.41, 5.74) is -0.699. The van der Waals surface area contributed by atoms with Crippen LogP contribution in [0.2, 0.25) is 0 Å². The average Bonchev–Trinajstić information content (AvgIpc) is 2.16. The van der Waals surface area contributed by atoms with Crippen molar-refractivity contribution >= 4 is 28.9 Å². The monoisotopic (exact) mass is 308 g/mol. The van der Waals surface area contributed by atoms with Crippen molar-refractivity contribution in [2.75, 3.05) is 0 Å². The Morgan fingerprint density at radius 2 is 2.29 bits per heavy atom. The second kappa shape index (κ2) is 4.41. The van der Waals surface area contributed by atoms with Crippen molar-refractivity contribution < 1.29 is 13.6 Å². The fraction of sp³-hybridized carbons (Fsp3) is 0.125. The van der Waals surface area contributed by atoms with E-state index in [1.54, 1.807) is 28.7 Å². The Morgan fingerprint density at radius 3 is 2.71 bits per heavy atom. The maximum atomic E-state index is 12.2. The normalized spacial score (nSPS) is 9.93. The number of aldehydes is 1. The summed E-state index contributed by atoms with van der Waals surface area (Å²) in [6.45, 7) is 0. The van der Waals surface area contributed by atoms with Gasteiger partial charge in [-0.25, -0.2) is 13.8 Å². The first-order chi connectivity index (χ1) is 6.60. The molecule has 0 aliphatic rings. The number of pyridine rings is 1. The molecule has 0 fully saturated rings. The molecule has 1 aromatic rings. The first-order valence-electron chi connectivity index (χ1n) is 3.44. The van der Waals surface area contributed by atoms with Gasteiger partial charge in [-0.3, -0.25) is 4.79 Å². The highest BCUT2D eigenvalue weighted by molar-refractivity contribution is 14.1. The van der Waals surface area contributed by atoms with Crippen LogP contribution in [-0.4, -0.2) is 11.3 Å². The second-order valence-electron chi connectivity index (χ2n) is 2.32. The van der Waals surface area contributed by atoms with E-state index in [9.17, 15) is 13.6 Å².